The number of carboxylic acid groups (broad SMARTS) is 1. The number of hydrogen-bond donors (Lipinski definition) is 1. The predicted octanol–water partition coefficient (Wildman–Crippen LogP) is 3.39. The van der Waals surface area contributed by atoms with Crippen LogP contribution in [0.1, 0.15) is 23.8 Å². The molecule has 3 atom stereocenters. The highest BCUT2D eigenvalue weighted by molar-refractivity contribution is 5.78. The minimum Gasteiger partial charge on any atom is -0.475 e. The van der Waals surface area contributed by atoms with Crippen LogP contribution < -0.4 is 0 Å². The lowest BCUT2D eigenvalue weighted by Gasteiger charge is -2.18. The van der Waals surface area contributed by atoms with Crippen LogP contribution in [-0.4, -0.2) is 62.6 Å². The standard InChI is InChI=1S/C20H22N4O2.C2HF3O2/c1-13-21-20(26-23-13)9-17-8-15-10-24(12-19(15)25-17)11-16-7-6-14-4-2-3-5-18(14)22-16;3-2(4,5)1(6)7/h2-7,15,17,19H,8-12H2,1H3;(H,6,7)/t15-,17-,19+;/m0./s1. The van der Waals surface area contributed by atoms with Crippen molar-refractivity contribution in [2.24, 2.45) is 5.92 Å². The molecular formula is C22H23F3N4O4. The highest BCUT2D eigenvalue weighted by atomic mass is 19.4. The zero-order valence-corrected chi connectivity index (χ0v) is 17.8. The average Bonchev–Trinajstić information content (AvgIpc) is 3.42. The quantitative estimate of drug-likeness (QED) is 0.627. The monoisotopic (exact) mass is 464 g/mol. The molecule has 2 aromatic heterocycles. The van der Waals surface area contributed by atoms with Gasteiger partial charge in [0.2, 0.25) is 5.89 Å². The maximum atomic E-state index is 10.6. The van der Waals surface area contributed by atoms with E-state index < -0.39 is 12.1 Å². The molecule has 1 aromatic carbocycles. The lowest BCUT2D eigenvalue weighted by atomic mass is 10.0. The Labute approximate surface area is 187 Å². The number of carboxylic acids is 1. The molecule has 2 aliphatic heterocycles. The zero-order chi connectivity index (χ0) is 23.6. The largest absolute Gasteiger partial charge is 0.490 e. The fourth-order valence-electron chi connectivity index (χ4n) is 4.25. The van der Waals surface area contributed by atoms with Crippen LogP contribution in [0.4, 0.5) is 13.2 Å². The third-order valence-electron chi connectivity index (χ3n) is 5.65. The molecule has 0 unspecified atom stereocenters. The average molecular weight is 464 g/mol. The molecule has 11 heteroatoms. The number of aryl methyl sites for hydroxylation is 1. The molecule has 3 aromatic rings. The zero-order valence-electron chi connectivity index (χ0n) is 17.8. The summed E-state index contributed by atoms with van der Waals surface area (Å²) >= 11 is 0. The molecule has 2 aliphatic rings. The van der Waals surface area contributed by atoms with E-state index in [9.17, 15) is 13.2 Å². The van der Waals surface area contributed by atoms with E-state index in [4.69, 9.17) is 24.1 Å². The molecule has 2 fully saturated rings. The molecule has 0 spiro atoms. The van der Waals surface area contributed by atoms with E-state index >= 15 is 0 Å². The van der Waals surface area contributed by atoms with Crippen molar-refractivity contribution in [1.82, 2.24) is 20.0 Å². The number of aromatic nitrogens is 3. The number of halogens is 3. The van der Waals surface area contributed by atoms with Crippen LogP contribution in [0.3, 0.4) is 0 Å². The van der Waals surface area contributed by atoms with Crippen LogP contribution in [-0.2, 0) is 22.5 Å². The van der Waals surface area contributed by atoms with Gasteiger partial charge in [0.05, 0.1) is 29.8 Å². The van der Waals surface area contributed by atoms with Crippen LogP contribution in [0.15, 0.2) is 40.9 Å². The summed E-state index contributed by atoms with van der Waals surface area (Å²) in [5.74, 6) is -0.797. The summed E-state index contributed by atoms with van der Waals surface area (Å²) < 4.78 is 43.2. The normalized spacial score (nSPS) is 22.7. The van der Waals surface area contributed by atoms with Gasteiger partial charge in [0.15, 0.2) is 5.82 Å². The van der Waals surface area contributed by atoms with E-state index in [1.54, 1.807) is 0 Å². The van der Waals surface area contributed by atoms with E-state index in [1.807, 2.05) is 13.0 Å². The summed E-state index contributed by atoms with van der Waals surface area (Å²) in [6.07, 6.45) is -2.79. The van der Waals surface area contributed by atoms with Gasteiger partial charge in [-0.15, -0.1) is 0 Å². The van der Waals surface area contributed by atoms with Gasteiger partial charge in [-0.25, -0.2) is 4.79 Å². The SMILES string of the molecule is Cc1noc(C[C@@H]2C[C@H]3CN(Cc4ccc5ccccc5n4)C[C@H]3O2)n1.O=C(O)C(F)(F)F. The van der Waals surface area contributed by atoms with Gasteiger partial charge in [-0.2, -0.15) is 18.2 Å². The molecule has 5 rings (SSSR count). The fourth-order valence-corrected chi connectivity index (χ4v) is 4.25. The fraction of sp³-hybridized carbons (Fsp3) is 0.455. The molecule has 8 nitrogen and oxygen atoms in total. The van der Waals surface area contributed by atoms with Crippen molar-refractivity contribution in [2.45, 2.75) is 44.7 Å². The number of benzene rings is 1. The second-order valence-electron chi connectivity index (χ2n) is 8.22. The first-order chi connectivity index (χ1) is 15.7. The molecule has 0 aliphatic carbocycles. The third kappa shape index (κ3) is 5.85. The van der Waals surface area contributed by atoms with Crippen molar-refractivity contribution in [2.75, 3.05) is 13.1 Å². The topological polar surface area (TPSA) is 102 Å². The van der Waals surface area contributed by atoms with Crippen molar-refractivity contribution >= 4 is 16.9 Å². The van der Waals surface area contributed by atoms with Crippen LogP contribution in [0.5, 0.6) is 0 Å². The molecule has 4 heterocycles. The Kier molecular flexibility index (Phi) is 6.61. The number of alkyl halides is 3. The summed E-state index contributed by atoms with van der Waals surface area (Å²) in [5.41, 5.74) is 2.19. The summed E-state index contributed by atoms with van der Waals surface area (Å²) in [6.45, 7) is 4.77. The molecule has 0 amide bonds. The Morgan fingerprint density at radius 3 is 2.61 bits per heavy atom. The third-order valence-corrected chi connectivity index (χ3v) is 5.65. The van der Waals surface area contributed by atoms with Crippen LogP contribution in [0.2, 0.25) is 0 Å². The number of pyridine rings is 1. The molecule has 33 heavy (non-hydrogen) atoms. The number of aliphatic carboxylic acids is 1. The Morgan fingerprint density at radius 2 is 1.94 bits per heavy atom. The van der Waals surface area contributed by atoms with Gasteiger partial charge in [0, 0.05) is 30.9 Å². The van der Waals surface area contributed by atoms with Crippen molar-refractivity contribution in [3.63, 3.8) is 0 Å². The van der Waals surface area contributed by atoms with Crippen LogP contribution in [0.25, 0.3) is 10.9 Å². The number of nitrogens with zero attached hydrogens (tertiary/aromatic N) is 4. The minimum atomic E-state index is -5.08. The number of para-hydroxylation sites is 1. The molecule has 176 valence electrons. The van der Waals surface area contributed by atoms with Crippen molar-refractivity contribution in [3.8, 4) is 0 Å². The number of fused-ring (bicyclic) bond motifs is 2. The number of hydrogen-bond acceptors (Lipinski definition) is 7. The van der Waals surface area contributed by atoms with Crippen molar-refractivity contribution in [1.29, 1.82) is 0 Å². The van der Waals surface area contributed by atoms with E-state index in [-0.39, 0.29) is 6.10 Å². The van der Waals surface area contributed by atoms with Gasteiger partial charge < -0.3 is 14.4 Å². The summed E-state index contributed by atoms with van der Waals surface area (Å²) in [4.78, 5) is 20.4. The van der Waals surface area contributed by atoms with Gasteiger partial charge >= 0.3 is 12.1 Å². The Bertz CT molecular complexity index is 1110. The number of carbonyl (C=O) groups is 1. The molecule has 0 radical (unpaired) electrons. The maximum absolute atomic E-state index is 10.6. The molecule has 1 N–H and O–H groups in total. The van der Waals surface area contributed by atoms with Gasteiger partial charge in [-0.05, 0) is 25.5 Å². The summed E-state index contributed by atoms with van der Waals surface area (Å²) in [5, 5.41) is 12.2. The van der Waals surface area contributed by atoms with Crippen molar-refractivity contribution in [3.05, 3.63) is 53.8 Å². The van der Waals surface area contributed by atoms with Crippen molar-refractivity contribution < 1.29 is 32.3 Å². The van der Waals surface area contributed by atoms with Gasteiger partial charge in [0.1, 0.15) is 0 Å². The lowest BCUT2D eigenvalue weighted by molar-refractivity contribution is -0.192. The Balaban J connectivity index is 0.000000325. The molecule has 2 saturated heterocycles. The van der Waals surface area contributed by atoms with Crippen LogP contribution in [0, 0.1) is 12.8 Å². The Hall–Kier alpha value is -3.05. The van der Waals surface area contributed by atoms with E-state index in [1.165, 1.54) is 5.39 Å². The first kappa shape index (κ1) is 23.1. The van der Waals surface area contributed by atoms with E-state index in [0.717, 1.165) is 43.7 Å². The molecule has 0 bridgehead atoms. The second-order valence-corrected chi connectivity index (χ2v) is 8.22. The highest BCUT2D eigenvalue weighted by Crippen LogP contribution is 2.34. The van der Waals surface area contributed by atoms with Gasteiger partial charge in [0.25, 0.3) is 0 Å². The molecular weight excluding hydrogens is 441 g/mol. The number of rotatable bonds is 4. The van der Waals surface area contributed by atoms with E-state index in [0.29, 0.717) is 23.7 Å². The first-order valence-corrected chi connectivity index (χ1v) is 10.5. The van der Waals surface area contributed by atoms with Crippen LogP contribution >= 0.6 is 0 Å². The molecule has 0 saturated carbocycles. The van der Waals surface area contributed by atoms with Gasteiger partial charge in [-0.3, -0.25) is 9.88 Å². The first-order valence-electron chi connectivity index (χ1n) is 10.5. The van der Waals surface area contributed by atoms with E-state index in [2.05, 4.69) is 45.4 Å². The smallest absolute Gasteiger partial charge is 0.475 e. The summed E-state index contributed by atoms with van der Waals surface area (Å²) in [6, 6.07) is 12.6. The Morgan fingerprint density at radius 1 is 1.18 bits per heavy atom. The highest BCUT2D eigenvalue weighted by Gasteiger charge is 2.42. The predicted molar refractivity (Wildman–Crippen MR) is 110 cm³/mol. The number of likely N-dealkylation sites (tertiary alicyclic amines) is 1. The minimum absolute atomic E-state index is 0.200. The van der Waals surface area contributed by atoms with Gasteiger partial charge in [-0.1, -0.05) is 29.4 Å². The summed E-state index contributed by atoms with van der Waals surface area (Å²) in [7, 11) is 0. The maximum Gasteiger partial charge on any atom is 0.490 e. The second kappa shape index (κ2) is 9.44. The lowest BCUT2D eigenvalue weighted by Crippen LogP contribution is -2.25. The number of ether oxygens (including phenoxy) is 1.